The molecule has 0 radical (unpaired) electrons. The highest BCUT2D eigenvalue weighted by atomic mass is 35.5. The second-order valence-corrected chi connectivity index (χ2v) is 3.92. The smallest absolute Gasteiger partial charge is 0.328 e. The van der Waals surface area contributed by atoms with Crippen molar-refractivity contribution >= 4 is 17.6 Å². The number of nitrogens with one attached hydrogen (secondary N) is 1. The fourth-order valence-electron chi connectivity index (χ4n) is 1.40. The van der Waals surface area contributed by atoms with E-state index in [2.05, 4.69) is 20.3 Å². The topological polar surface area (TPSA) is 116 Å². The second kappa shape index (κ2) is 6.85. The molecule has 0 saturated heterocycles. The molecule has 2 N–H and O–H groups in total. The third kappa shape index (κ3) is 3.63. The first-order chi connectivity index (χ1) is 8.57. The molecule has 0 spiro atoms. The van der Waals surface area contributed by atoms with E-state index >= 15 is 0 Å². The minimum Gasteiger partial charge on any atom is -0.480 e. The van der Waals surface area contributed by atoms with Crippen molar-refractivity contribution in [3.05, 3.63) is 27.6 Å². The molecule has 0 aliphatic heterocycles. The summed E-state index contributed by atoms with van der Waals surface area (Å²) in [7, 11) is 1.64. The Morgan fingerprint density at radius 3 is 3.06 bits per heavy atom. The Morgan fingerprint density at radius 1 is 1.83 bits per heavy atom. The average molecular weight is 273 g/mol. The quantitative estimate of drug-likeness (QED) is 0.338. The molecule has 98 valence electrons. The van der Waals surface area contributed by atoms with Crippen molar-refractivity contribution < 1.29 is 9.90 Å². The summed E-state index contributed by atoms with van der Waals surface area (Å²) >= 11 is 5.81. The van der Waals surface area contributed by atoms with Crippen LogP contribution in [0.15, 0.2) is 11.3 Å². The molecule has 0 fully saturated rings. The van der Waals surface area contributed by atoms with Gasteiger partial charge in [-0.05, 0) is 18.5 Å². The van der Waals surface area contributed by atoms with Crippen LogP contribution < -0.4 is 5.32 Å². The Kier molecular flexibility index (Phi) is 5.44. The number of rotatable bonds is 7. The van der Waals surface area contributed by atoms with Gasteiger partial charge in [0.1, 0.15) is 11.0 Å². The lowest BCUT2D eigenvalue weighted by Gasteiger charge is -2.14. The molecule has 0 saturated carbocycles. The number of carboxylic acids is 1. The van der Waals surface area contributed by atoms with Gasteiger partial charge in [0.05, 0.1) is 6.20 Å². The largest absolute Gasteiger partial charge is 0.480 e. The monoisotopic (exact) mass is 272 g/mol. The molecule has 0 aliphatic rings. The van der Waals surface area contributed by atoms with Crippen LogP contribution in [-0.4, -0.2) is 33.7 Å². The lowest BCUT2D eigenvalue weighted by atomic mass is 10.2. The van der Waals surface area contributed by atoms with E-state index in [0.29, 0.717) is 30.5 Å². The molecule has 9 heteroatoms. The molecule has 0 aliphatic carbocycles. The van der Waals surface area contributed by atoms with E-state index in [4.69, 9.17) is 22.2 Å². The SMILES string of the molecule is Cn1c(Cl)cnc1C(NCCCN=[N+]=[N-])C(=O)O. The van der Waals surface area contributed by atoms with Crippen LogP contribution >= 0.6 is 11.6 Å². The molecule has 1 rings (SSSR count). The predicted molar refractivity (Wildman–Crippen MR) is 65.2 cm³/mol. The standard InChI is InChI=1S/C9H13ClN6O2/c1-16-6(10)5-13-8(16)7(9(17)18)12-3-2-4-14-15-11/h5,7,12H,2-4H2,1H3,(H,17,18). The molecule has 8 nitrogen and oxygen atoms in total. The van der Waals surface area contributed by atoms with E-state index in [1.165, 1.54) is 10.8 Å². The van der Waals surface area contributed by atoms with E-state index in [1.807, 2.05) is 0 Å². The Balaban J connectivity index is 2.63. The lowest BCUT2D eigenvalue weighted by molar-refractivity contribution is -0.139. The number of aromatic nitrogens is 2. The molecule has 1 atom stereocenters. The summed E-state index contributed by atoms with van der Waals surface area (Å²) in [6, 6.07) is -0.937. The normalized spacial score (nSPS) is 11.9. The van der Waals surface area contributed by atoms with E-state index in [-0.39, 0.29) is 0 Å². The molecule has 18 heavy (non-hydrogen) atoms. The Bertz CT molecular complexity index is 468. The summed E-state index contributed by atoms with van der Waals surface area (Å²) in [5.41, 5.74) is 8.10. The Hall–Kier alpha value is -1.76. The molecule has 1 aromatic rings. The molecule has 1 aromatic heterocycles. The highest BCUT2D eigenvalue weighted by molar-refractivity contribution is 6.29. The summed E-state index contributed by atoms with van der Waals surface area (Å²) in [6.07, 6.45) is 1.94. The van der Waals surface area contributed by atoms with Crippen LogP contribution in [0.1, 0.15) is 18.3 Å². The summed E-state index contributed by atoms with van der Waals surface area (Å²) in [5, 5.41) is 15.7. The number of carbonyl (C=O) groups is 1. The zero-order valence-corrected chi connectivity index (χ0v) is 10.5. The summed E-state index contributed by atoms with van der Waals surface area (Å²) in [4.78, 5) is 17.7. The Labute approximate surface area is 108 Å². The fraction of sp³-hybridized carbons (Fsp3) is 0.556. The number of nitrogens with zero attached hydrogens (tertiary/aromatic N) is 5. The highest BCUT2D eigenvalue weighted by Gasteiger charge is 2.23. The number of aliphatic carboxylic acids is 1. The number of hydrogen-bond donors (Lipinski definition) is 2. The molecule has 1 heterocycles. The summed E-state index contributed by atoms with van der Waals surface area (Å²) < 4.78 is 1.50. The lowest BCUT2D eigenvalue weighted by Crippen LogP contribution is -2.31. The minimum atomic E-state index is -1.04. The molecule has 0 aromatic carbocycles. The number of hydrogen-bond acceptors (Lipinski definition) is 4. The predicted octanol–water partition coefficient (Wildman–Crippen LogP) is 1.49. The van der Waals surface area contributed by atoms with Crippen LogP contribution in [0.4, 0.5) is 0 Å². The fourth-order valence-corrected chi connectivity index (χ4v) is 1.54. The van der Waals surface area contributed by atoms with Crippen LogP contribution in [0.5, 0.6) is 0 Å². The number of halogens is 1. The molecule has 0 bridgehead atoms. The first kappa shape index (κ1) is 14.3. The van der Waals surface area contributed by atoms with Crippen molar-refractivity contribution in [2.24, 2.45) is 12.2 Å². The van der Waals surface area contributed by atoms with Gasteiger partial charge in [-0.1, -0.05) is 16.7 Å². The minimum absolute atomic E-state index is 0.317. The van der Waals surface area contributed by atoms with Crippen LogP contribution in [-0.2, 0) is 11.8 Å². The molecular formula is C9H13ClN6O2. The number of imidazole rings is 1. The van der Waals surface area contributed by atoms with Gasteiger partial charge < -0.3 is 9.67 Å². The van der Waals surface area contributed by atoms with Crippen molar-refractivity contribution in [1.82, 2.24) is 14.9 Å². The first-order valence-corrected chi connectivity index (χ1v) is 5.60. The zero-order chi connectivity index (χ0) is 13.5. The van der Waals surface area contributed by atoms with Gasteiger partial charge in [0.15, 0.2) is 6.04 Å². The molecular weight excluding hydrogens is 260 g/mol. The van der Waals surface area contributed by atoms with E-state index in [0.717, 1.165) is 0 Å². The van der Waals surface area contributed by atoms with E-state index < -0.39 is 12.0 Å². The number of carboxylic acid groups (broad SMARTS) is 1. The van der Waals surface area contributed by atoms with E-state index in [1.54, 1.807) is 7.05 Å². The maximum Gasteiger partial charge on any atom is 0.328 e. The van der Waals surface area contributed by atoms with Crippen LogP contribution in [0.25, 0.3) is 10.4 Å². The third-order valence-electron chi connectivity index (χ3n) is 2.32. The summed E-state index contributed by atoms with van der Waals surface area (Å²) in [5.74, 6) is -0.708. The van der Waals surface area contributed by atoms with Gasteiger partial charge in [0.25, 0.3) is 0 Å². The van der Waals surface area contributed by atoms with Crippen molar-refractivity contribution in [1.29, 1.82) is 0 Å². The second-order valence-electron chi connectivity index (χ2n) is 3.53. The Morgan fingerprint density at radius 2 is 2.56 bits per heavy atom. The van der Waals surface area contributed by atoms with Gasteiger partial charge in [-0.25, -0.2) is 4.98 Å². The highest BCUT2D eigenvalue weighted by Crippen LogP contribution is 2.16. The zero-order valence-electron chi connectivity index (χ0n) is 9.75. The van der Waals surface area contributed by atoms with Crippen LogP contribution in [0, 0.1) is 0 Å². The van der Waals surface area contributed by atoms with Gasteiger partial charge in [0, 0.05) is 18.5 Å². The van der Waals surface area contributed by atoms with E-state index in [9.17, 15) is 4.79 Å². The van der Waals surface area contributed by atoms with Crippen LogP contribution in [0.3, 0.4) is 0 Å². The van der Waals surface area contributed by atoms with Gasteiger partial charge in [-0.2, -0.15) is 0 Å². The van der Waals surface area contributed by atoms with Crippen molar-refractivity contribution in [3.8, 4) is 0 Å². The third-order valence-corrected chi connectivity index (χ3v) is 2.67. The maximum absolute atomic E-state index is 11.1. The molecule has 0 amide bonds. The summed E-state index contributed by atoms with van der Waals surface area (Å²) in [6.45, 7) is 0.720. The van der Waals surface area contributed by atoms with Crippen LogP contribution in [0.2, 0.25) is 5.15 Å². The van der Waals surface area contributed by atoms with Crippen molar-refractivity contribution in [2.45, 2.75) is 12.5 Å². The maximum atomic E-state index is 11.1. The van der Waals surface area contributed by atoms with Gasteiger partial charge in [0.2, 0.25) is 0 Å². The first-order valence-electron chi connectivity index (χ1n) is 5.22. The van der Waals surface area contributed by atoms with Gasteiger partial charge >= 0.3 is 5.97 Å². The van der Waals surface area contributed by atoms with Crippen molar-refractivity contribution in [3.63, 3.8) is 0 Å². The van der Waals surface area contributed by atoms with Gasteiger partial charge in [-0.15, -0.1) is 0 Å². The van der Waals surface area contributed by atoms with Gasteiger partial charge in [-0.3, -0.25) is 10.1 Å². The average Bonchev–Trinajstić information content (AvgIpc) is 2.65. The van der Waals surface area contributed by atoms with Crippen molar-refractivity contribution in [2.75, 3.05) is 13.1 Å². The number of azide groups is 1. The molecule has 1 unspecified atom stereocenters.